The minimum absolute atomic E-state index is 0.441. The molecule has 0 radical (unpaired) electrons. The van der Waals surface area contributed by atoms with Crippen LogP contribution in [0.2, 0.25) is 0 Å². The Bertz CT molecular complexity index is 316. The van der Waals surface area contributed by atoms with E-state index in [1.54, 1.807) is 0 Å². The molecule has 4 atom stereocenters. The summed E-state index contributed by atoms with van der Waals surface area (Å²) < 4.78 is 0. The van der Waals surface area contributed by atoms with E-state index in [1.165, 1.54) is 38.5 Å². The van der Waals surface area contributed by atoms with Crippen molar-refractivity contribution in [1.29, 1.82) is 0 Å². The predicted octanol–water partition coefficient (Wildman–Crippen LogP) is 4.55. The Morgan fingerprint density at radius 3 is 1.71 bits per heavy atom. The fourth-order valence-electron chi connectivity index (χ4n) is 2.89. The van der Waals surface area contributed by atoms with E-state index in [-0.39, 0.29) is 0 Å². The third-order valence-electron chi connectivity index (χ3n) is 4.00. The molecule has 3 heteroatoms. The number of thioether (sulfide) groups is 1. The Morgan fingerprint density at radius 2 is 1.29 bits per heavy atom. The summed E-state index contributed by atoms with van der Waals surface area (Å²) in [7, 11) is 0. The Balaban J connectivity index is 1.56. The van der Waals surface area contributed by atoms with E-state index in [0.717, 1.165) is 11.8 Å². The molecular formula is C14H20N2S. The maximum atomic E-state index is 4.55. The maximum Gasteiger partial charge on any atom is 0.121 e. The van der Waals surface area contributed by atoms with Crippen LogP contribution in [0.15, 0.2) is 34.5 Å². The van der Waals surface area contributed by atoms with Gasteiger partial charge in [-0.05, 0) is 50.4 Å². The molecular weight excluding hydrogens is 228 g/mol. The van der Waals surface area contributed by atoms with Crippen LogP contribution in [0, 0.1) is 11.8 Å². The molecule has 2 nitrogen and oxygen atoms in total. The van der Waals surface area contributed by atoms with Gasteiger partial charge >= 0.3 is 0 Å². The van der Waals surface area contributed by atoms with Gasteiger partial charge in [0.05, 0.1) is 0 Å². The number of hydrogen-bond donors (Lipinski definition) is 0. The van der Waals surface area contributed by atoms with Crippen molar-refractivity contribution in [2.24, 2.45) is 22.1 Å². The summed E-state index contributed by atoms with van der Waals surface area (Å²) in [5.41, 5.74) is 0. The molecule has 17 heavy (non-hydrogen) atoms. The molecule has 92 valence electrons. The van der Waals surface area contributed by atoms with E-state index in [2.05, 4.69) is 34.5 Å². The molecule has 1 heterocycles. The van der Waals surface area contributed by atoms with Gasteiger partial charge in [-0.2, -0.15) is 10.2 Å². The lowest BCUT2D eigenvalue weighted by molar-refractivity contribution is 0.454. The minimum atomic E-state index is 0.441. The zero-order chi connectivity index (χ0) is 11.5. The fraction of sp³-hybridized carbons (Fsp3) is 0.714. The van der Waals surface area contributed by atoms with Crippen LogP contribution in [0.1, 0.15) is 38.5 Å². The van der Waals surface area contributed by atoms with Crippen molar-refractivity contribution in [2.75, 3.05) is 0 Å². The van der Waals surface area contributed by atoms with Crippen molar-refractivity contribution in [3.8, 4) is 0 Å². The maximum absolute atomic E-state index is 4.55. The number of hydrogen-bond acceptors (Lipinski definition) is 3. The van der Waals surface area contributed by atoms with Gasteiger partial charge in [0.15, 0.2) is 0 Å². The van der Waals surface area contributed by atoms with E-state index in [4.69, 9.17) is 0 Å². The normalized spacial score (nSPS) is 40.9. The molecule has 0 fully saturated rings. The Hall–Kier alpha value is -0.570. The van der Waals surface area contributed by atoms with Crippen LogP contribution in [0.25, 0.3) is 0 Å². The molecule has 2 unspecified atom stereocenters. The van der Waals surface area contributed by atoms with E-state index in [0.29, 0.717) is 10.7 Å². The molecule has 0 N–H and O–H groups in total. The molecule has 0 saturated carbocycles. The van der Waals surface area contributed by atoms with Crippen molar-refractivity contribution < 1.29 is 0 Å². The minimum Gasteiger partial charge on any atom is -0.178 e. The Labute approximate surface area is 108 Å². The van der Waals surface area contributed by atoms with Gasteiger partial charge in [0.25, 0.3) is 0 Å². The molecule has 0 amide bonds. The van der Waals surface area contributed by atoms with Crippen LogP contribution in [-0.4, -0.2) is 10.7 Å². The fourth-order valence-corrected chi connectivity index (χ4v) is 4.33. The van der Waals surface area contributed by atoms with Gasteiger partial charge in [0.1, 0.15) is 10.7 Å². The average molecular weight is 248 g/mol. The van der Waals surface area contributed by atoms with Gasteiger partial charge < -0.3 is 0 Å². The predicted molar refractivity (Wildman–Crippen MR) is 73.0 cm³/mol. The van der Waals surface area contributed by atoms with Crippen molar-refractivity contribution in [1.82, 2.24) is 0 Å². The SMILES string of the molecule is C1=CCC([C@@H]2N=N[C@H](C3CC=CCC3)S2)CC1. The first-order chi connectivity index (χ1) is 8.43. The molecule has 0 aromatic heterocycles. The molecule has 3 aliphatic rings. The summed E-state index contributed by atoms with van der Waals surface area (Å²) in [6.07, 6.45) is 16.7. The van der Waals surface area contributed by atoms with Gasteiger partial charge in [0.2, 0.25) is 0 Å². The van der Waals surface area contributed by atoms with E-state index >= 15 is 0 Å². The lowest BCUT2D eigenvalue weighted by atomic mass is 9.94. The second kappa shape index (κ2) is 5.38. The topological polar surface area (TPSA) is 24.7 Å². The number of azo groups is 1. The average Bonchev–Trinajstić information content (AvgIpc) is 2.90. The van der Waals surface area contributed by atoms with Gasteiger partial charge in [-0.25, -0.2) is 0 Å². The number of nitrogens with zero attached hydrogens (tertiary/aromatic N) is 2. The Kier molecular flexibility index (Phi) is 3.65. The first kappa shape index (κ1) is 11.5. The van der Waals surface area contributed by atoms with Crippen LogP contribution in [0.4, 0.5) is 0 Å². The molecule has 2 aliphatic carbocycles. The highest BCUT2D eigenvalue weighted by Crippen LogP contribution is 2.43. The summed E-state index contributed by atoms with van der Waals surface area (Å²) in [4.78, 5) is 0. The van der Waals surface area contributed by atoms with Crippen molar-refractivity contribution in [2.45, 2.75) is 49.3 Å². The highest BCUT2D eigenvalue weighted by atomic mass is 32.2. The summed E-state index contributed by atoms with van der Waals surface area (Å²) in [5.74, 6) is 1.47. The van der Waals surface area contributed by atoms with Gasteiger partial charge in [-0.1, -0.05) is 24.3 Å². The molecule has 3 rings (SSSR count). The zero-order valence-corrected chi connectivity index (χ0v) is 11.0. The molecule has 1 aliphatic heterocycles. The quantitative estimate of drug-likeness (QED) is 0.658. The van der Waals surface area contributed by atoms with E-state index < -0.39 is 0 Å². The molecule has 0 spiro atoms. The van der Waals surface area contributed by atoms with Gasteiger partial charge in [0, 0.05) is 0 Å². The van der Waals surface area contributed by atoms with E-state index in [1.807, 2.05) is 11.8 Å². The van der Waals surface area contributed by atoms with Crippen molar-refractivity contribution in [3.63, 3.8) is 0 Å². The molecule has 0 aromatic rings. The Morgan fingerprint density at radius 1 is 0.765 bits per heavy atom. The summed E-state index contributed by atoms with van der Waals surface area (Å²) in [5, 5.41) is 9.97. The van der Waals surface area contributed by atoms with Gasteiger partial charge in [-0.15, -0.1) is 11.8 Å². The first-order valence-electron chi connectivity index (χ1n) is 6.79. The largest absolute Gasteiger partial charge is 0.178 e. The van der Waals surface area contributed by atoms with Gasteiger partial charge in [-0.3, -0.25) is 0 Å². The van der Waals surface area contributed by atoms with Crippen LogP contribution >= 0.6 is 11.8 Å². The molecule has 0 bridgehead atoms. The monoisotopic (exact) mass is 248 g/mol. The summed E-state index contributed by atoms with van der Waals surface area (Å²) in [6.45, 7) is 0. The molecule has 0 aromatic carbocycles. The second-order valence-corrected chi connectivity index (χ2v) is 6.48. The summed E-state index contributed by atoms with van der Waals surface area (Å²) >= 11 is 2.02. The third-order valence-corrected chi connectivity index (χ3v) is 5.51. The number of allylic oxidation sites excluding steroid dienone is 4. The van der Waals surface area contributed by atoms with E-state index in [9.17, 15) is 0 Å². The summed E-state index contributed by atoms with van der Waals surface area (Å²) in [6, 6.07) is 0. The standard InChI is InChI=1S/C14H20N2S/c1-3-7-11(8-4-1)13-15-16-14(17-13)12-9-5-2-6-10-12/h1-3,5,11-14H,4,6-10H2/t11?,12?,13-,14+. The van der Waals surface area contributed by atoms with Crippen LogP contribution in [0.5, 0.6) is 0 Å². The highest BCUT2D eigenvalue weighted by Gasteiger charge is 2.33. The third kappa shape index (κ3) is 2.65. The van der Waals surface area contributed by atoms with Crippen molar-refractivity contribution >= 4 is 11.8 Å². The van der Waals surface area contributed by atoms with Crippen molar-refractivity contribution in [3.05, 3.63) is 24.3 Å². The van der Waals surface area contributed by atoms with Crippen LogP contribution in [-0.2, 0) is 0 Å². The highest BCUT2D eigenvalue weighted by molar-refractivity contribution is 8.00. The lowest BCUT2D eigenvalue weighted by Crippen LogP contribution is -2.19. The van der Waals surface area contributed by atoms with Crippen LogP contribution in [0.3, 0.4) is 0 Å². The number of rotatable bonds is 2. The molecule has 0 saturated heterocycles. The van der Waals surface area contributed by atoms with Crippen LogP contribution < -0.4 is 0 Å². The second-order valence-electron chi connectivity index (χ2n) is 5.24. The smallest absolute Gasteiger partial charge is 0.121 e. The zero-order valence-electron chi connectivity index (χ0n) is 10.2. The first-order valence-corrected chi connectivity index (χ1v) is 7.73. The lowest BCUT2D eigenvalue weighted by Gasteiger charge is -2.24.